The zero-order chi connectivity index (χ0) is 13.3. The molecule has 1 saturated carbocycles. The van der Waals surface area contributed by atoms with E-state index in [1.54, 1.807) is 0 Å². The molecule has 7 nitrogen and oxygen atoms in total. The van der Waals surface area contributed by atoms with Crippen LogP contribution in [0.3, 0.4) is 0 Å². The number of sulfonamides is 1. The maximum atomic E-state index is 11.2. The molecule has 1 aromatic rings. The molecule has 1 fully saturated rings. The number of primary amides is 1. The number of amides is 1. The molecule has 1 heterocycles. The number of hydrogen-bond donors (Lipinski definition) is 2. The molecule has 0 bridgehead atoms. The minimum atomic E-state index is -3.43. The van der Waals surface area contributed by atoms with Gasteiger partial charge in [-0.3, -0.25) is 9.52 Å². The monoisotopic (exact) mass is 271 g/mol. The summed E-state index contributed by atoms with van der Waals surface area (Å²) in [6.07, 6.45) is 4.13. The number of carbonyl (C=O) groups is 1. The van der Waals surface area contributed by atoms with Crippen LogP contribution in [0, 0.1) is 0 Å². The van der Waals surface area contributed by atoms with Gasteiger partial charge in [0.1, 0.15) is 17.1 Å². The quantitative estimate of drug-likeness (QED) is 0.788. The highest BCUT2D eigenvalue weighted by Crippen LogP contribution is 2.32. The van der Waals surface area contributed by atoms with Crippen LogP contribution in [0.25, 0.3) is 0 Å². The summed E-state index contributed by atoms with van der Waals surface area (Å²) in [4.78, 5) is 14.8. The van der Waals surface area contributed by atoms with Crippen molar-refractivity contribution in [3.63, 3.8) is 0 Å². The Labute approximate surface area is 104 Å². The van der Waals surface area contributed by atoms with Crippen molar-refractivity contribution in [2.24, 2.45) is 5.73 Å². The Morgan fingerprint density at radius 1 is 1.56 bits per heavy atom. The fourth-order valence-corrected chi connectivity index (χ4v) is 1.86. The van der Waals surface area contributed by atoms with Gasteiger partial charge in [-0.15, -0.1) is 0 Å². The molecule has 1 aliphatic rings. The van der Waals surface area contributed by atoms with E-state index < -0.39 is 15.9 Å². The van der Waals surface area contributed by atoms with Crippen molar-refractivity contribution in [1.29, 1.82) is 0 Å². The Morgan fingerprint density at radius 2 is 2.22 bits per heavy atom. The second-order valence-corrected chi connectivity index (χ2v) is 5.87. The Balaban J connectivity index is 2.34. The van der Waals surface area contributed by atoms with E-state index in [1.807, 2.05) is 0 Å². The molecule has 0 aliphatic heterocycles. The number of nitrogens with two attached hydrogens (primary N) is 1. The molecule has 2 rings (SSSR count). The van der Waals surface area contributed by atoms with Gasteiger partial charge in [-0.1, -0.05) is 0 Å². The smallest absolute Gasteiger partial charge is 0.267 e. The highest BCUT2D eigenvalue weighted by atomic mass is 32.2. The number of aromatic nitrogens is 1. The molecule has 1 amide bonds. The van der Waals surface area contributed by atoms with Gasteiger partial charge in [-0.2, -0.15) is 0 Å². The number of hydrogen-bond acceptors (Lipinski definition) is 5. The predicted molar refractivity (Wildman–Crippen MR) is 64.9 cm³/mol. The highest BCUT2D eigenvalue weighted by molar-refractivity contribution is 7.92. The van der Waals surface area contributed by atoms with Crippen molar-refractivity contribution in [2.75, 3.05) is 11.0 Å². The van der Waals surface area contributed by atoms with Gasteiger partial charge in [0.25, 0.3) is 5.91 Å². The van der Waals surface area contributed by atoms with Gasteiger partial charge >= 0.3 is 0 Å². The van der Waals surface area contributed by atoms with Crippen molar-refractivity contribution < 1.29 is 17.9 Å². The third-order valence-corrected chi connectivity index (χ3v) is 2.82. The molecule has 1 aliphatic carbocycles. The summed E-state index contributed by atoms with van der Waals surface area (Å²) in [6, 6.07) is 1.34. The van der Waals surface area contributed by atoms with Crippen LogP contribution in [-0.2, 0) is 10.0 Å². The van der Waals surface area contributed by atoms with E-state index >= 15 is 0 Å². The first-order valence-electron chi connectivity index (χ1n) is 5.29. The molecular formula is C10H13N3O4S. The van der Waals surface area contributed by atoms with Crippen LogP contribution in [0.2, 0.25) is 0 Å². The number of ether oxygens (including phenoxy) is 1. The van der Waals surface area contributed by atoms with Gasteiger partial charge in [0.15, 0.2) is 0 Å². The molecule has 0 unspecified atom stereocenters. The predicted octanol–water partition coefficient (Wildman–Crippen LogP) is 0.0932. The number of nitrogens with zero attached hydrogens (tertiary/aromatic N) is 1. The average molecular weight is 271 g/mol. The van der Waals surface area contributed by atoms with Gasteiger partial charge in [0.05, 0.1) is 18.6 Å². The van der Waals surface area contributed by atoms with E-state index in [0.717, 1.165) is 19.1 Å². The van der Waals surface area contributed by atoms with E-state index in [2.05, 4.69) is 9.71 Å². The van der Waals surface area contributed by atoms with E-state index in [4.69, 9.17) is 10.5 Å². The molecular weight excluding hydrogens is 258 g/mol. The standard InChI is InChI=1S/C10H13N3O4S/c1-18(15,16)13-8-5-12-7(10(11)14)4-9(8)17-6-2-3-6/h4-6,13H,2-3H2,1H3,(H2,11,14). The summed E-state index contributed by atoms with van der Waals surface area (Å²) in [5.41, 5.74) is 5.35. The van der Waals surface area contributed by atoms with Crippen LogP contribution in [0.4, 0.5) is 5.69 Å². The summed E-state index contributed by atoms with van der Waals surface area (Å²) in [6.45, 7) is 0. The van der Waals surface area contributed by atoms with Gasteiger partial charge in [-0.25, -0.2) is 13.4 Å². The molecule has 0 atom stereocenters. The lowest BCUT2D eigenvalue weighted by molar-refractivity contribution is 0.0995. The number of rotatable bonds is 5. The molecule has 98 valence electrons. The van der Waals surface area contributed by atoms with Crippen molar-refractivity contribution in [1.82, 2.24) is 4.98 Å². The van der Waals surface area contributed by atoms with Crippen LogP contribution in [0.15, 0.2) is 12.3 Å². The third-order valence-electron chi connectivity index (χ3n) is 2.23. The highest BCUT2D eigenvalue weighted by Gasteiger charge is 2.25. The lowest BCUT2D eigenvalue weighted by atomic mass is 10.3. The summed E-state index contributed by atoms with van der Waals surface area (Å²) >= 11 is 0. The number of nitrogens with one attached hydrogen (secondary N) is 1. The van der Waals surface area contributed by atoms with Gasteiger partial charge in [0, 0.05) is 6.07 Å². The zero-order valence-corrected chi connectivity index (χ0v) is 10.5. The molecule has 0 aromatic carbocycles. The van der Waals surface area contributed by atoms with Crippen LogP contribution >= 0.6 is 0 Å². The maximum Gasteiger partial charge on any atom is 0.267 e. The third kappa shape index (κ3) is 3.33. The van der Waals surface area contributed by atoms with Crippen molar-refractivity contribution in [3.05, 3.63) is 18.0 Å². The summed E-state index contributed by atoms with van der Waals surface area (Å²) in [7, 11) is -3.43. The summed E-state index contributed by atoms with van der Waals surface area (Å²) in [5, 5.41) is 0. The van der Waals surface area contributed by atoms with Gasteiger partial charge in [0.2, 0.25) is 10.0 Å². The first-order chi connectivity index (χ1) is 8.35. The molecule has 0 radical (unpaired) electrons. The molecule has 3 N–H and O–H groups in total. The van der Waals surface area contributed by atoms with Gasteiger partial charge in [-0.05, 0) is 12.8 Å². The largest absolute Gasteiger partial charge is 0.488 e. The lowest BCUT2D eigenvalue weighted by Crippen LogP contribution is -2.16. The minimum absolute atomic E-state index is 0.0321. The zero-order valence-electron chi connectivity index (χ0n) is 9.71. The van der Waals surface area contributed by atoms with Crippen LogP contribution in [-0.4, -0.2) is 31.7 Å². The van der Waals surface area contributed by atoms with Crippen LogP contribution in [0.1, 0.15) is 23.3 Å². The van der Waals surface area contributed by atoms with E-state index in [0.29, 0.717) is 0 Å². The molecule has 8 heteroatoms. The molecule has 0 spiro atoms. The Morgan fingerprint density at radius 3 is 2.72 bits per heavy atom. The number of carbonyl (C=O) groups excluding carboxylic acids is 1. The second-order valence-electron chi connectivity index (χ2n) is 4.12. The summed E-state index contributed by atoms with van der Waals surface area (Å²) < 4.78 is 30.2. The fourth-order valence-electron chi connectivity index (χ4n) is 1.31. The molecule has 1 aromatic heterocycles. The minimum Gasteiger partial charge on any atom is -0.488 e. The number of anilines is 1. The van der Waals surface area contributed by atoms with E-state index in [-0.39, 0.29) is 23.2 Å². The summed E-state index contributed by atoms with van der Waals surface area (Å²) in [5.74, 6) is -0.423. The Bertz CT molecular complexity index is 581. The van der Waals surface area contributed by atoms with Crippen molar-refractivity contribution in [3.8, 4) is 5.75 Å². The maximum absolute atomic E-state index is 11.2. The van der Waals surface area contributed by atoms with E-state index in [9.17, 15) is 13.2 Å². The van der Waals surface area contributed by atoms with E-state index in [1.165, 1.54) is 12.3 Å². The van der Waals surface area contributed by atoms with Crippen LogP contribution < -0.4 is 15.2 Å². The van der Waals surface area contributed by atoms with Crippen LogP contribution in [0.5, 0.6) is 5.75 Å². The second kappa shape index (κ2) is 4.45. The Hall–Kier alpha value is -1.83. The number of pyridine rings is 1. The van der Waals surface area contributed by atoms with Crippen molar-refractivity contribution in [2.45, 2.75) is 18.9 Å². The first kappa shape index (κ1) is 12.6. The Kier molecular flexibility index (Phi) is 3.12. The lowest BCUT2D eigenvalue weighted by Gasteiger charge is -2.12. The SMILES string of the molecule is CS(=O)(=O)Nc1cnc(C(N)=O)cc1OC1CC1. The molecule has 0 saturated heterocycles. The van der Waals surface area contributed by atoms with Crippen molar-refractivity contribution >= 4 is 21.6 Å². The topological polar surface area (TPSA) is 111 Å². The fraction of sp³-hybridized carbons (Fsp3) is 0.400. The first-order valence-corrected chi connectivity index (χ1v) is 7.18. The van der Waals surface area contributed by atoms with Gasteiger partial charge < -0.3 is 10.5 Å². The molecule has 18 heavy (non-hydrogen) atoms. The average Bonchev–Trinajstić information content (AvgIpc) is 3.02. The normalized spacial score (nSPS) is 15.2.